The number of carbonyl (C=O) groups is 1. The summed E-state index contributed by atoms with van der Waals surface area (Å²) in [4.78, 5) is 16.2. The Morgan fingerprint density at radius 3 is 2.63 bits per heavy atom. The molecule has 2 fully saturated rings. The molecule has 3 atom stereocenters. The van der Waals surface area contributed by atoms with Gasteiger partial charge in [0.1, 0.15) is 5.75 Å². The van der Waals surface area contributed by atoms with Crippen molar-refractivity contribution in [3.63, 3.8) is 0 Å². The zero-order chi connectivity index (χ0) is 21.3. The Kier molecular flexibility index (Phi) is 6.80. The summed E-state index contributed by atoms with van der Waals surface area (Å²) in [5.41, 5.74) is 1.43. The predicted octanol–water partition coefficient (Wildman–Crippen LogP) is 6.81. The van der Waals surface area contributed by atoms with Crippen LogP contribution in [0, 0.1) is 5.92 Å². The number of nitrogens with zero attached hydrogens (tertiary/aromatic N) is 1. The molecule has 0 radical (unpaired) electrons. The minimum absolute atomic E-state index is 0.0303. The number of phenolic OH excluding ortho intramolecular Hbond substituents is 1. The molecule has 1 heterocycles. The van der Waals surface area contributed by atoms with Crippen LogP contribution in [0.25, 0.3) is 6.08 Å². The summed E-state index contributed by atoms with van der Waals surface area (Å²) in [7, 11) is 0. The molecule has 30 heavy (non-hydrogen) atoms. The van der Waals surface area contributed by atoms with Gasteiger partial charge < -0.3 is 15.3 Å². The first-order valence-electron chi connectivity index (χ1n) is 10.1. The number of amides is 1. The number of rotatable bonds is 4. The SMILES string of the molecule is C[C@@H]1CCCC[C@H]1N1C(=O)/C(=C/c2cc(Br)cc(Br)c2O)SC1Nc1ccccc1. The Morgan fingerprint density at radius 1 is 1.17 bits per heavy atom. The van der Waals surface area contributed by atoms with E-state index in [2.05, 4.69) is 44.1 Å². The highest BCUT2D eigenvalue weighted by atomic mass is 79.9. The summed E-state index contributed by atoms with van der Waals surface area (Å²) in [6.07, 6.45) is 6.36. The van der Waals surface area contributed by atoms with Crippen molar-refractivity contribution in [2.75, 3.05) is 5.32 Å². The maximum Gasteiger partial charge on any atom is 0.262 e. The third-order valence-electron chi connectivity index (χ3n) is 5.77. The van der Waals surface area contributed by atoms with Gasteiger partial charge in [-0.25, -0.2) is 0 Å². The number of aromatic hydroxyl groups is 1. The second-order valence-corrected chi connectivity index (χ2v) is 10.7. The number of phenols is 1. The number of nitrogens with one attached hydrogen (secondary N) is 1. The van der Waals surface area contributed by atoms with Gasteiger partial charge in [-0.15, -0.1) is 0 Å². The number of benzene rings is 2. The molecule has 4 rings (SSSR count). The van der Waals surface area contributed by atoms with E-state index < -0.39 is 0 Å². The highest BCUT2D eigenvalue weighted by Crippen LogP contribution is 2.43. The monoisotopic (exact) mass is 550 g/mol. The second kappa shape index (κ2) is 9.37. The van der Waals surface area contributed by atoms with Gasteiger partial charge in [0.15, 0.2) is 5.50 Å². The molecular formula is C23H24Br2N2O2S. The van der Waals surface area contributed by atoms with Gasteiger partial charge in [-0.1, -0.05) is 65.7 Å². The number of anilines is 1. The highest BCUT2D eigenvalue weighted by molar-refractivity contribution is 9.11. The maximum atomic E-state index is 13.5. The summed E-state index contributed by atoms with van der Waals surface area (Å²) in [5, 5.41) is 14.0. The van der Waals surface area contributed by atoms with E-state index in [1.54, 1.807) is 12.1 Å². The van der Waals surface area contributed by atoms with Crippen LogP contribution in [0.15, 0.2) is 56.3 Å². The molecule has 158 valence electrons. The smallest absolute Gasteiger partial charge is 0.262 e. The number of halogens is 2. The first-order chi connectivity index (χ1) is 14.4. The molecule has 2 aromatic rings. The fraction of sp³-hybridized carbons (Fsp3) is 0.348. The lowest BCUT2D eigenvalue weighted by Crippen LogP contribution is -2.48. The van der Waals surface area contributed by atoms with Crippen molar-refractivity contribution in [3.8, 4) is 5.75 Å². The largest absolute Gasteiger partial charge is 0.506 e. The topological polar surface area (TPSA) is 52.6 Å². The van der Waals surface area contributed by atoms with E-state index in [0.29, 0.717) is 20.9 Å². The lowest BCUT2D eigenvalue weighted by Gasteiger charge is -2.39. The van der Waals surface area contributed by atoms with Gasteiger partial charge >= 0.3 is 0 Å². The minimum atomic E-state index is -0.172. The number of carbonyl (C=O) groups excluding carboxylic acids is 1. The summed E-state index contributed by atoms with van der Waals surface area (Å²) in [5.74, 6) is 0.634. The Balaban J connectivity index is 1.69. The van der Waals surface area contributed by atoms with E-state index >= 15 is 0 Å². The zero-order valence-corrected chi connectivity index (χ0v) is 20.6. The van der Waals surface area contributed by atoms with E-state index in [0.717, 1.165) is 29.4 Å². The van der Waals surface area contributed by atoms with Crippen molar-refractivity contribution in [3.05, 3.63) is 61.9 Å². The van der Waals surface area contributed by atoms with E-state index in [-0.39, 0.29) is 23.2 Å². The lowest BCUT2D eigenvalue weighted by molar-refractivity contribution is -0.129. The Bertz CT molecular complexity index is 967. The molecule has 2 aliphatic rings. The summed E-state index contributed by atoms with van der Waals surface area (Å²) < 4.78 is 1.43. The average Bonchev–Trinajstić information content (AvgIpc) is 3.02. The molecule has 0 spiro atoms. The minimum Gasteiger partial charge on any atom is -0.506 e. The van der Waals surface area contributed by atoms with Crippen molar-refractivity contribution in [1.82, 2.24) is 4.90 Å². The van der Waals surface area contributed by atoms with Crippen molar-refractivity contribution < 1.29 is 9.90 Å². The van der Waals surface area contributed by atoms with Gasteiger partial charge in [0.25, 0.3) is 5.91 Å². The van der Waals surface area contributed by atoms with E-state index in [4.69, 9.17) is 0 Å². The number of hydrogen-bond donors (Lipinski definition) is 2. The van der Waals surface area contributed by atoms with Crippen LogP contribution in [0.2, 0.25) is 0 Å². The number of thioether (sulfide) groups is 1. The fourth-order valence-electron chi connectivity index (χ4n) is 4.20. The standard InChI is InChI=1S/C23H24Br2N2O2S/c1-14-7-5-6-10-19(14)27-22(29)20(12-15-11-16(24)13-18(25)21(15)28)30-23(27)26-17-8-3-2-4-9-17/h2-4,8-9,11-14,19,23,26,28H,5-7,10H2,1H3/b20-12-/t14-,19-,23?/m1/s1. The highest BCUT2D eigenvalue weighted by Gasteiger charge is 2.43. The van der Waals surface area contributed by atoms with Gasteiger partial charge in [-0.2, -0.15) is 0 Å². The maximum absolute atomic E-state index is 13.5. The third-order valence-corrected chi connectivity index (χ3v) is 7.95. The molecular weight excluding hydrogens is 528 g/mol. The van der Waals surface area contributed by atoms with Crippen LogP contribution in [0.5, 0.6) is 5.75 Å². The van der Waals surface area contributed by atoms with E-state index in [1.807, 2.05) is 41.3 Å². The van der Waals surface area contributed by atoms with E-state index in [1.165, 1.54) is 18.2 Å². The molecule has 1 amide bonds. The van der Waals surface area contributed by atoms with Gasteiger partial charge in [0, 0.05) is 21.8 Å². The van der Waals surface area contributed by atoms with Crippen LogP contribution >= 0.6 is 43.6 Å². The summed E-state index contributed by atoms with van der Waals surface area (Å²) in [6.45, 7) is 2.25. The van der Waals surface area contributed by atoms with Crippen molar-refractivity contribution in [1.29, 1.82) is 0 Å². The Labute approximate surface area is 198 Å². The van der Waals surface area contributed by atoms with Crippen LogP contribution in [0.3, 0.4) is 0 Å². The normalized spacial score (nSPS) is 25.7. The van der Waals surface area contributed by atoms with Gasteiger partial charge in [0.05, 0.1) is 9.38 Å². The Hall–Kier alpha value is -1.44. The van der Waals surface area contributed by atoms with Crippen LogP contribution in [-0.4, -0.2) is 27.5 Å². The molecule has 0 bridgehead atoms. The quantitative estimate of drug-likeness (QED) is 0.410. The summed E-state index contributed by atoms with van der Waals surface area (Å²) in [6, 6.07) is 13.8. The first kappa shape index (κ1) is 21.8. The average molecular weight is 552 g/mol. The first-order valence-corrected chi connectivity index (χ1v) is 12.6. The second-order valence-electron chi connectivity index (χ2n) is 7.86. The van der Waals surface area contributed by atoms with Crippen molar-refractivity contribution in [2.45, 2.75) is 44.1 Å². The van der Waals surface area contributed by atoms with Crippen LogP contribution < -0.4 is 5.32 Å². The lowest BCUT2D eigenvalue weighted by atomic mass is 9.85. The molecule has 1 aliphatic carbocycles. The van der Waals surface area contributed by atoms with Gasteiger partial charge in [-0.05, 0) is 65.0 Å². The fourth-order valence-corrected chi connectivity index (χ4v) is 6.67. The van der Waals surface area contributed by atoms with Gasteiger partial charge in [-0.3, -0.25) is 4.79 Å². The molecule has 1 unspecified atom stereocenters. The molecule has 7 heteroatoms. The molecule has 2 aromatic carbocycles. The van der Waals surface area contributed by atoms with Crippen molar-refractivity contribution in [2.24, 2.45) is 5.92 Å². The number of hydrogen-bond acceptors (Lipinski definition) is 4. The van der Waals surface area contributed by atoms with Crippen LogP contribution in [0.1, 0.15) is 38.2 Å². The van der Waals surface area contributed by atoms with Crippen molar-refractivity contribution >= 4 is 61.3 Å². The number of para-hydroxylation sites is 1. The molecule has 4 nitrogen and oxygen atoms in total. The summed E-state index contributed by atoms with van der Waals surface area (Å²) >= 11 is 8.36. The van der Waals surface area contributed by atoms with E-state index in [9.17, 15) is 9.90 Å². The third kappa shape index (κ3) is 4.58. The van der Waals surface area contributed by atoms with Gasteiger partial charge in [0.2, 0.25) is 0 Å². The van der Waals surface area contributed by atoms with Crippen LogP contribution in [0.4, 0.5) is 5.69 Å². The molecule has 1 saturated carbocycles. The Morgan fingerprint density at radius 2 is 1.90 bits per heavy atom. The molecule has 2 N–H and O–H groups in total. The predicted molar refractivity (Wildman–Crippen MR) is 131 cm³/mol. The molecule has 0 aromatic heterocycles. The van der Waals surface area contributed by atoms with Crippen LogP contribution in [-0.2, 0) is 4.79 Å². The zero-order valence-electron chi connectivity index (χ0n) is 16.6. The molecule has 1 aliphatic heterocycles. The molecule has 1 saturated heterocycles.